The van der Waals surface area contributed by atoms with Gasteiger partial charge < -0.3 is 19.9 Å². The number of rotatable bonds is 6. The molecule has 8 heteroatoms. The van der Waals surface area contributed by atoms with Crippen molar-refractivity contribution in [3.05, 3.63) is 60.4 Å². The van der Waals surface area contributed by atoms with Gasteiger partial charge in [0.15, 0.2) is 17.1 Å². The van der Waals surface area contributed by atoms with Crippen molar-refractivity contribution in [1.82, 2.24) is 19.7 Å². The van der Waals surface area contributed by atoms with Crippen LogP contribution in [0, 0.1) is 11.8 Å². The zero-order chi connectivity index (χ0) is 21.6. The van der Waals surface area contributed by atoms with Crippen molar-refractivity contribution in [2.75, 3.05) is 26.1 Å². The van der Waals surface area contributed by atoms with Gasteiger partial charge in [0.1, 0.15) is 0 Å². The first kappa shape index (κ1) is 20.2. The van der Waals surface area contributed by atoms with Crippen LogP contribution < -0.4 is 14.8 Å². The number of nitrogens with one attached hydrogen (secondary N) is 1. The monoisotopic (exact) mass is 415 g/mol. The number of hydrogen-bond donors (Lipinski definition) is 2. The van der Waals surface area contributed by atoms with Crippen LogP contribution in [0.5, 0.6) is 11.5 Å². The van der Waals surface area contributed by atoms with Crippen molar-refractivity contribution in [3.63, 3.8) is 0 Å². The number of methoxy groups -OCH3 is 2. The second-order valence-electron chi connectivity index (χ2n) is 6.55. The Morgan fingerprint density at radius 1 is 1.03 bits per heavy atom. The summed E-state index contributed by atoms with van der Waals surface area (Å²) in [7, 11) is 3.18. The van der Waals surface area contributed by atoms with E-state index in [1.54, 1.807) is 31.3 Å². The Kier molecular flexibility index (Phi) is 5.96. The van der Waals surface area contributed by atoms with Crippen LogP contribution in [0.3, 0.4) is 0 Å². The molecule has 4 aromatic rings. The second kappa shape index (κ2) is 9.15. The van der Waals surface area contributed by atoms with Crippen LogP contribution in [0.15, 0.2) is 54.9 Å². The third kappa shape index (κ3) is 4.42. The number of anilines is 2. The summed E-state index contributed by atoms with van der Waals surface area (Å²) in [5.74, 6) is 7.62. The zero-order valence-electron chi connectivity index (χ0n) is 17.2. The number of hydrogen-bond acceptors (Lipinski definition) is 7. The molecule has 0 aliphatic rings. The molecule has 2 aromatic carbocycles. The molecule has 2 aromatic heterocycles. The lowest BCUT2D eigenvalue weighted by molar-refractivity contribution is 0.305. The van der Waals surface area contributed by atoms with E-state index in [-0.39, 0.29) is 6.61 Å². The molecular formula is C23H21N5O3. The highest BCUT2D eigenvalue weighted by Crippen LogP contribution is 2.30. The standard InChI is InChI=1S/C23H21N5O3/c1-30-20-11-8-18(13-21(20)31-2)26-23-24-14-17-15-25-28(22(17)27-23)19-9-6-16(7-10-19)5-3-4-12-29/h6-11,13-15,29H,4,12H2,1-2H3,(H,24,26,27). The Balaban J connectivity index is 1.62. The molecule has 0 amide bonds. The molecule has 0 spiro atoms. The predicted molar refractivity (Wildman–Crippen MR) is 118 cm³/mol. The van der Waals surface area contributed by atoms with E-state index < -0.39 is 0 Å². The maximum Gasteiger partial charge on any atom is 0.229 e. The van der Waals surface area contributed by atoms with E-state index in [2.05, 4.69) is 32.2 Å². The van der Waals surface area contributed by atoms with Crippen LogP contribution in [-0.2, 0) is 0 Å². The average molecular weight is 415 g/mol. The van der Waals surface area contributed by atoms with Gasteiger partial charge in [-0.05, 0) is 36.4 Å². The minimum Gasteiger partial charge on any atom is -0.493 e. The molecule has 0 aliphatic heterocycles. The van der Waals surface area contributed by atoms with Crippen molar-refractivity contribution >= 4 is 22.7 Å². The molecule has 0 radical (unpaired) electrons. The van der Waals surface area contributed by atoms with Gasteiger partial charge in [0.05, 0.1) is 38.1 Å². The SMILES string of the molecule is COc1ccc(Nc2ncc3cnn(-c4ccc(C#CCCO)cc4)c3n2)cc1OC. The van der Waals surface area contributed by atoms with Crippen LogP contribution in [-0.4, -0.2) is 45.7 Å². The van der Waals surface area contributed by atoms with Crippen LogP contribution in [0.25, 0.3) is 16.7 Å². The quantitative estimate of drug-likeness (QED) is 0.467. The number of fused-ring (bicyclic) bond motifs is 1. The molecule has 8 nitrogen and oxygen atoms in total. The number of aliphatic hydroxyl groups is 1. The minimum absolute atomic E-state index is 0.0593. The molecule has 0 bridgehead atoms. The first-order valence-corrected chi connectivity index (χ1v) is 9.62. The van der Waals surface area contributed by atoms with E-state index in [1.165, 1.54) is 0 Å². The normalized spacial score (nSPS) is 10.4. The lowest BCUT2D eigenvalue weighted by Gasteiger charge is -2.10. The first-order valence-electron chi connectivity index (χ1n) is 9.62. The first-order chi connectivity index (χ1) is 15.2. The van der Waals surface area contributed by atoms with Gasteiger partial charge in [-0.15, -0.1) is 0 Å². The third-order valence-corrected chi connectivity index (χ3v) is 4.53. The Bertz CT molecular complexity index is 1260. The van der Waals surface area contributed by atoms with E-state index in [0.717, 1.165) is 22.3 Å². The lowest BCUT2D eigenvalue weighted by atomic mass is 10.2. The van der Waals surface area contributed by atoms with Crippen LogP contribution in [0.2, 0.25) is 0 Å². The molecule has 4 rings (SSSR count). The smallest absolute Gasteiger partial charge is 0.229 e. The largest absolute Gasteiger partial charge is 0.493 e. The maximum atomic E-state index is 8.84. The summed E-state index contributed by atoms with van der Waals surface area (Å²) >= 11 is 0. The van der Waals surface area contributed by atoms with E-state index in [4.69, 9.17) is 14.6 Å². The van der Waals surface area contributed by atoms with Crippen LogP contribution in [0.4, 0.5) is 11.6 Å². The third-order valence-electron chi connectivity index (χ3n) is 4.53. The average Bonchev–Trinajstić information content (AvgIpc) is 3.23. The Morgan fingerprint density at radius 3 is 2.58 bits per heavy atom. The van der Waals surface area contributed by atoms with E-state index in [0.29, 0.717) is 29.5 Å². The van der Waals surface area contributed by atoms with Gasteiger partial charge in [0.2, 0.25) is 5.95 Å². The summed E-state index contributed by atoms with van der Waals surface area (Å²) in [6.45, 7) is 0.0593. The lowest BCUT2D eigenvalue weighted by Crippen LogP contribution is -2.01. The summed E-state index contributed by atoms with van der Waals surface area (Å²) in [5, 5.41) is 17.3. The van der Waals surface area contributed by atoms with Gasteiger partial charge in [0.25, 0.3) is 0 Å². The van der Waals surface area contributed by atoms with E-state index >= 15 is 0 Å². The fraction of sp³-hybridized carbons (Fsp3) is 0.174. The van der Waals surface area contributed by atoms with Crippen molar-refractivity contribution in [3.8, 4) is 29.0 Å². The van der Waals surface area contributed by atoms with Gasteiger partial charge in [0, 0.05) is 29.9 Å². The predicted octanol–water partition coefficient (Wildman–Crippen LogP) is 3.31. The number of aromatic nitrogens is 4. The molecule has 0 fully saturated rings. The summed E-state index contributed by atoms with van der Waals surface area (Å²) < 4.78 is 12.4. The molecule has 0 unspecified atom stereocenters. The molecule has 2 N–H and O–H groups in total. The molecule has 0 aliphatic carbocycles. The second-order valence-corrected chi connectivity index (χ2v) is 6.55. The van der Waals surface area contributed by atoms with Gasteiger partial charge in [-0.1, -0.05) is 11.8 Å². The Hall–Kier alpha value is -4.09. The molecule has 156 valence electrons. The highest BCUT2D eigenvalue weighted by atomic mass is 16.5. The van der Waals surface area contributed by atoms with Gasteiger partial charge in [-0.2, -0.15) is 10.1 Å². The molecule has 0 saturated carbocycles. The van der Waals surface area contributed by atoms with Crippen LogP contribution >= 0.6 is 0 Å². The highest BCUT2D eigenvalue weighted by molar-refractivity contribution is 5.77. The van der Waals surface area contributed by atoms with Gasteiger partial charge in [-0.25, -0.2) is 9.67 Å². The van der Waals surface area contributed by atoms with Crippen molar-refractivity contribution in [1.29, 1.82) is 0 Å². The van der Waals surface area contributed by atoms with E-state index in [9.17, 15) is 0 Å². The molecule has 2 heterocycles. The van der Waals surface area contributed by atoms with Crippen molar-refractivity contribution < 1.29 is 14.6 Å². The topological polar surface area (TPSA) is 94.3 Å². The fourth-order valence-corrected chi connectivity index (χ4v) is 3.02. The molecular weight excluding hydrogens is 394 g/mol. The van der Waals surface area contributed by atoms with Gasteiger partial charge in [-0.3, -0.25) is 0 Å². The summed E-state index contributed by atoms with van der Waals surface area (Å²) in [5.41, 5.74) is 3.18. The number of benzene rings is 2. The van der Waals surface area contributed by atoms with Crippen LogP contribution in [0.1, 0.15) is 12.0 Å². The summed E-state index contributed by atoms with van der Waals surface area (Å²) in [4.78, 5) is 9.02. The highest BCUT2D eigenvalue weighted by Gasteiger charge is 2.10. The van der Waals surface area contributed by atoms with E-state index in [1.807, 2.05) is 42.5 Å². The summed E-state index contributed by atoms with van der Waals surface area (Å²) in [6.07, 6.45) is 3.91. The Morgan fingerprint density at radius 2 is 1.84 bits per heavy atom. The Labute approximate surface area is 179 Å². The number of nitrogens with zero attached hydrogens (tertiary/aromatic N) is 4. The molecule has 0 atom stereocenters. The minimum atomic E-state index is 0.0593. The van der Waals surface area contributed by atoms with Crippen molar-refractivity contribution in [2.24, 2.45) is 0 Å². The number of ether oxygens (including phenoxy) is 2. The number of aliphatic hydroxyl groups excluding tert-OH is 1. The fourth-order valence-electron chi connectivity index (χ4n) is 3.02. The van der Waals surface area contributed by atoms with Gasteiger partial charge >= 0.3 is 0 Å². The molecule has 0 saturated heterocycles. The molecule has 31 heavy (non-hydrogen) atoms. The summed E-state index contributed by atoms with van der Waals surface area (Å²) in [6, 6.07) is 13.2. The maximum absolute atomic E-state index is 8.84. The van der Waals surface area contributed by atoms with Crippen molar-refractivity contribution in [2.45, 2.75) is 6.42 Å². The zero-order valence-corrected chi connectivity index (χ0v) is 17.2.